The van der Waals surface area contributed by atoms with Crippen LogP contribution in [0.3, 0.4) is 0 Å². The Morgan fingerprint density at radius 3 is 2.67 bits per heavy atom. The van der Waals surface area contributed by atoms with Gasteiger partial charge in [0.2, 0.25) is 5.91 Å². The summed E-state index contributed by atoms with van der Waals surface area (Å²) in [6.07, 6.45) is 3.81. The van der Waals surface area contributed by atoms with Gasteiger partial charge in [0.05, 0.1) is 6.54 Å². The molecule has 1 saturated heterocycles. The average Bonchev–Trinajstić information content (AvgIpc) is 2.68. The minimum atomic E-state index is -0.0261. The van der Waals surface area contributed by atoms with Gasteiger partial charge in [-0.25, -0.2) is 0 Å². The number of hydrogen-bond acceptors (Lipinski definition) is 3. The van der Waals surface area contributed by atoms with Gasteiger partial charge < -0.3 is 20.3 Å². The van der Waals surface area contributed by atoms with Crippen molar-refractivity contribution in [2.75, 3.05) is 45.2 Å². The van der Waals surface area contributed by atoms with Crippen LogP contribution in [0.15, 0.2) is 33.7 Å². The fourth-order valence-corrected chi connectivity index (χ4v) is 3.27. The Bertz CT molecular complexity index is 601. The summed E-state index contributed by atoms with van der Waals surface area (Å²) >= 11 is 3.39. The molecule has 150 valence electrons. The molecule has 1 aromatic carbocycles. The number of nitrogens with one attached hydrogen (secondary N) is 2. The second-order valence-corrected chi connectivity index (χ2v) is 7.72. The van der Waals surface area contributed by atoms with E-state index in [0.29, 0.717) is 13.0 Å². The number of anilines is 1. The lowest BCUT2D eigenvalue weighted by Gasteiger charge is -2.26. The predicted octanol–water partition coefficient (Wildman–Crippen LogP) is 3.49. The number of halogens is 1. The van der Waals surface area contributed by atoms with Crippen LogP contribution in [0.1, 0.15) is 32.6 Å². The Morgan fingerprint density at radius 1 is 1.30 bits per heavy atom. The van der Waals surface area contributed by atoms with E-state index in [1.165, 1.54) is 0 Å². The summed E-state index contributed by atoms with van der Waals surface area (Å²) < 4.78 is 6.42. The maximum atomic E-state index is 12.1. The van der Waals surface area contributed by atoms with Gasteiger partial charge in [-0.2, -0.15) is 0 Å². The molecule has 2 N–H and O–H groups in total. The fraction of sp³-hybridized carbons (Fsp3) is 0.600. The molecule has 6 nitrogen and oxygen atoms in total. The van der Waals surface area contributed by atoms with Gasteiger partial charge in [0.15, 0.2) is 5.96 Å². The van der Waals surface area contributed by atoms with Crippen molar-refractivity contribution in [2.45, 2.75) is 32.6 Å². The average molecular weight is 439 g/mol. The molecule has 1 aliphatic rings. The lowest BCUT2D eigenvalue weighted by atomic mass is 9.96. The first kappa shape index (κ1) is 21.7. The molecule has 0 unspecified atom stereocenters. The van der Waals surface area contributed by atoms with E-state index in [1.54, 1.807) is 0 Å². The van der Waals surface area contributed by atoms with Crippen LogP contribution in [0.4, 0.5) is 5.69 Å². The summed E-state index contributed by atoms with van der Waals surface area (Å²) in [4.78, 5) is 18.9. The minimum absolute atomic E-state index is 0.0261. The van der Waals surface area contributed by atoms with Crippen molar-refractivity contribution in [2.24, 2.45) is 10.9 Å². The van der Waals surface area contributed by atoms with E-state index >= 15 is 0 Å². The molecule has 7 heteroatoms. The molecule has 0 aromatic heterocycles. The molecule has 0 spiro atoms. The lowest BCUT2D eigenvalue weighted by molar-refractivity contribution is -0.116. The van der Waals surface area contributed by atoms with E-state index in [0.717, 1.165) is 67.6 Å². The summed E-state index contributed by atoms with van der Waals surface area (Å²) in [5, 5.41) is 6.21. The summed E-state index contributed by atoms with van der Waals surface area (Å²) in [6, 6.07) is 7.56. The second-order valence-electron chi connectivity index (χ2n) is 6.81. The van der Waals surface area contributed by atoms with Crippen molar-refractivity contribution in [3.05, 3.63) is 28.7 Å². The number of amides is 1. The van der Waals surface area contributed by atoms with Crippen LogP contribution in [0, 0.1) is 5.92 Å². The number of hydrogen-bond donors (Lipinski definition) is 2. The van der Waals surface area contributed by atoms with Crippen molar-refractivity contribution in [1.82, 2.24) is 10.2 Å². The summed E-state index contributed by atoms with van der Waals surface area (Å²) in [5.74, 6) is 1.57. The zero-order chi connectivity index (χ0) is 19.5. The van der Waals surface area contributed by atoms with E-state index in [9.17, 15) is 4.79 Å². The number of carbonyl (C=O) groups excluding carboxylic acids is 1. The Morgan fingerprint density at radius 2 is 2.00 bits per heavy atom. The highest BCUT2D eigenvalue weighted by Crippen LogP contribution is 2.18. The number of aliphatic imine (C=N–C) groups is 1. The highest BCUT2D eigenvalue weighted by molar-refractivity contribution is 9.10. The SMILES string of the molecule is CCNC(=NCCC(=O)Nc1ccc(Br)cc1)N(C)CCC1CCOCC1. The van der Waals surface area contributed by atoms with Gasteiger partial charge >= 0.3 is 0 Å². The second kappa shape index (κ2) is 12.0. The Labute approximate surface area is 170 Å². The number of carbonyl (C=O) groups is 1. The maximum Gasteiger partial charge on any atom is 0.226 e. The number of nitrogens with zero attached hydrogens (tertiary/aromatic N) is 2. The highest BCUT2D eigenvalue weighted by Gasteiger charge is 2.15. The first-order chi connectivity index (χ1) is 13.1. The lowest BCUT2D eigenvalue weighted by Crippen LogP contribution is -2.40. The molecule has 0 radical (unpaired) electrons. The van der Waals surface area contributed by atoms with Crippen molar-refractivity contribution >= 4 is 33.5 Å². The van der Waals surface area contributed by atoms with Crippen LogP contribution in [-0.4, -0.2) is 56.7 Å². The molecular formula is C20H31BrN4O2. The first-order valence-electron chi connectivity index (χ1n) is 9.71. The Balaban J connectivity index is 1.77. The molecule has 1 fully saturated rings. The molecule has 1 amide bonds. The largest absolute Gasteiger partial charge is 0.381 e. The Hall–Kier alpha value is -1.60. The van der Waals surface area contributed by atoms with Crippen LogP contribution in [0.5, 0.6) is 0 Å². The van der Waals surface area contributed by atoms with Gasteiger partial charge in [-0.05, 0) is 56.4 Å². The van der Waals surface area contributed by atoms with E-state index in [-0.39, 0.29) is 5.91 Å². The molecule has 0 atom stereocenters. The van der Waals surface area contributed by atoms with E-state index in [4.69, 9.17) is 4.74 Å². The summed E-state index contributed by atoms with van der Waals surface area (Å²) in [6.45, 7) is 6.06. The zero-order valence-electron chi connectivity index (χ0n) is 16.3. The minimum Gasteiger partial charge on any atom is -0.381 e. The van der Waals surface area contributed by atoms with E-state index < -0.39 is 0 Å². The van der Waals surface area contributed by atoms with Crippen LogP contribution in [-0.2, 0) is 9.53 Å². The molecule has 0 saturated carbocycles. The molecule has 27 heavy (non-hydrogen) atoms. The molecule has 1 heterocycles. The van der Waals surface area contributed by atoms with Crippen LogP contribution in [0.25, 0.3) is 0 Å². The van der Waals surface area contributed by atoms with Crippen molar-refractivity contribution < 1.29 is 9.53 Å². The van der Waals surface area contributed by atoms with Gasteiger partial charge in [-0.15, -0.1) is 0 Å². The molecule has 0 bridgehead atoms. The highest BCUT2D eigenvalue weighted by atomic mass is 79.9. The quantitative estimate of drug-likeness (QED) is 0.481. The van der Waals surface area contributed by atoms with Gasteiger partial charge in [0, 0.05) is 49.9 Å². The number of rotatable bonds is 8. The van der Waals surface area contributed by atoms with Gasteiger partial charge in [-0.3, -0.25) is 9.79 Å². The van der Waals surface area contributed by atoms with Crippen molar-refractivity contribution in [3.8, 4) is 0 Å². The van der Waals surface area contributed by atoms with Gasteiger partial charge in [0.1, 0.15) is 0 Å². The third-order valence-electron chi connectivity index (χ3n) is 4.64. The number of benzene rings is 1. The topological polar surface area (TPSA) is 66.0 Å². The molecular weight excluding hydrogens is 408 g/mol. The molecule has 1 aromatic rings. The molecule has 0 aliphatic carbocycles. The smallest absolute Gasteiger partial charge is 0.226 e. The van der Waals surface area contributed by atoms with Crippen molar-refractivity contribution in [3.63, 3.8) is 0 Å². The maximum absolute atomic E-state index is 12.1. The number of guanidine groups is 1. The van der Waals surface area contributed by atoms with Crippen LogP contribution >= 0.6 is 15.9 Å². The van der Waals surface area contributed by atoms with E-state index in [1.807, 2.05) is 24.3 Å². The van der Waals surface area contributed by atoms with Crippen LogP contribution in [0.2, 0.25) is 0 Å². The third kappa shape index (κ3) is 8.30. The summed E-state index contributed by atoms with van der Waals surface area (Å²) in [7, 11) is 2.06. The number of ether oxygens (including phenoxy) is 1. The fourth-order valence-electron chi connectivity index (χ4n) is 3.01. The molecule has 1 aliphatic heterocycles. The van der Waals surface area contributed by atoms with Crippen molar-refractivity contribution in [1.29, 1.82) is 0 Å². The normalized spacial score (nSPS) is 15.4. The standard InChI is InChI=1S/C20H31BrN4O2/c1-3-22-20(25(2)13-9-16-10-14-27-15-11-16)23-12-8-19(26)24-18-6-4-17(21)5-7-18/h4-7,16H,3,8-15H2,1-2H3,(H,22,23)(H,24,26). The van der Waals surface area contributed by atoms with Crippen LogP contribution < -0.4 is 10.6 Å². The molecule has 2 rings (SSSR count). The van der Waals surface area contributed by atoms with E-state index in [2.05, 4.69) is 50.4 Å². The predicted molar refractivity (Wildman–Crippen MR) is 114 cm³/mol. The zero-order valence-corrected chi connectivity index (χ0v) is 17.9. The summed E-state index contributed by atoms with van der Waals surface area (Å²) in [5.41, 5.74) is 0.799. The Kier molecular flexibility index (Phi) is 9.62. The monoisotopic (exact) mass is 438 g/mol. The third-order valence-corrected chi connectivity index (χ3v) is 5.17. The first-order valence-corrected chi connectivity index (χ1v) is 10.5. The van der Waals surface area contributed by atoms with Gasteiger partial charge in [0.25, 0.3) is 0 Å². The van der Waals surface area contributed by atoms with Gasteiger partial charge in [-0.1, -0.05) is 15.9 Å².